The van der Waals surface area contributed by atoms with Crippen molar-refractivity contribution in [2.45, 2.75) is 31.8 Å². The Morgan fingerprint density at radius 2 is 2.23 bits per heavy atom. The van der Waals surface area contributed by atoms with Gasteiger partial charge < -0.3 is 5.01 Å². The Hall–Kier alpha value is -1.02. The third kappa shape index (κ3) is 0.985. The van der Waals surface area contributed by atoms with E-state index >= 15 is 0 Å². The number of hydrogen-bond donors (Lipinski definition) is 1. The summed E-state index contributed by atoms with van der Waals surface area (Å²) in [7, 11) is 0. The standard InChI is InChI=1S/C11H14N2/c1-8-6-10-7-9-4-2-3-5-11(9)13(10)12-8/h2-5,8,10,12H,6-7H2,1H3. The molecule has 2 unspecified atom stereocenters. The highest BCUT2D eigenvalue weighted by Gasteiger charge is 2.35. The number of nitrogens with zero attached hydrogens (tertiary/aromatic N) is 1. The van der Waals surface area contributed by atoms with E-state index in [1.54, 1.807) is 0 Å². The molecule has 2 nitrogen and oxygen atoms in total. The molecule has 0 amide bonds. The molecule has 0 aliphatic carbocycles. The maximum atomic E-state index is 3.51. The Morgan fingerprint density at radius 3 is 3.15 bits per heavy atom. The second kappa shape index (κ2) is 2.48. The Kier molecular flexibility index (Phi) is 1.41. The van der Waals surface area contributed by atoms with Gasteiger partial charge in [-0.15, -0.1) is 0 Å². The highest BCUT2D eigenvalue weighted by atomic mass is 15.6. The van der Waals surface area contributed by atoms with Gasteiger partial charge in [0.2, 0.25) is 0 Å². The van der Waals surface area contributed by atoms with Crippen molar-refractivity contribution in [3.8, 4) is 0 Å². The lowest BCUT2D eigenvalue weighted by Gasteiger charge is -2.18. The van der Waals surface area contributed by atoms with E-state index in [1.165, 1.54) is 24.1 Å². The fourth-order valence-electron chi connectivity index (χ4n) is 2.52. The topological polar surface area (TPSA) is 15.3 Å². The van der Waals surface area contributed by atoms with Crippen molar-refractivity contribution in [2.75, 3.05) is 5.01 Å². The molecule has 1 aromatic rings. The minimum absolute atomic E-state index is 0.637. The number of nitrogens with one attached hydrogen (secondary N) is 1. The van der Waals surface area contributed by atoms with E-state index in [2.05, 4.69) is 41.6 Å². The van der Waals surface area contributed by atoms with Gasteiger partial charge in [-0.05, 0) is 31.4 Å². The summed E-state index contributed by atoms with van der Waals surface area (Å²) in [5, 5.41) is 2.35. The van der Waals surface area contributed by atoms with Crippen molar-refractivity contribution in [1.82, 2.24) is 5.43 Å². The van der Waals surface area contributed by atoms with Gasteiger partial charge in [0.15, 0.2) is 0 Å². The Labute approximate surface area is 78.5 Å². The first-order chi connectivity index (χ1) is 6.34. The summed E-state index contributed by atoms with van der Waals surface area (Å²) in [5.74, 6) is 0. The number of rotatable bonds is 0. The van der Waals surface area contributed by atoms with Crippen LogP contribution in [0.4, 0.5) is 5.69 Å². The molecule has 0 radical (unpaired) electrons. The molecule has 1 fully saturated rings. The molecule has 1 saturated heterocycles. The van der Waals surface area contributed by atoms with Gasteiger partial charge in [0, 0.05) is 6.04 Å². The van der Waals surface area contributed by atoms with Crippen molar-refractivity contribution in [3.05, 3.63) is 29.8 Å². The highest BCUT2D eigenvalue weighted by molar-refractivity contribution is 5.59. The predicted molar refractivity (Wildman–Crippen MR) is 53.6 cm³/mol. The molecule has 1 N–H and O–H groups in total. The molecule has 1 aromatic carbocycles. The van der Waals surface area contributed by atoms with E-state index < -0.39 is 0 Å². The first-order valence-corrected chi connectivity index (χ1v) is 4.98. The third-order valence-electron chi connectivity index (χ3n) is 3.06. The molecule has 68 valence electrons. The average molecular weight is 174 g/mol. The van der Waals surface area contributed by atoms with Crippen molar-refractivity contribution in [3.63, 3.8) is 0 Å². The normalized spacial score (nSPS) is 30.4. The molecule has 2 heterocycles. The smallest absolute Gasteiger partial charge is 0.0555 e. The molecule has 2 heteroatoms. The van der Waals surface area contributed by atoms with Gasteiger partial charge in [-0.2, -0.15) is 0 Å². The van der Waals surface area contributed by atoms with Crippen molar-refractivity contribution in [2.24, 2.45) is 0 Å². The number of para-hydroxylation sites is 1. The average Bonchev–Trinajstić information content (AvgIpc) is 2.60. The lowest BCUT2D eigenvalue weighted by atomic mass is 10.1. The predicted octanol–water partition coefficient (Wildman–Crippen LogP) is 1.71. The maximum absolute atomic E-state index is 3.51. The van der Waals surface area contributed by atoms with E-state index in [9.17, 15) is 0 Å². The van der Waals surface area contributed by atoms with Gasteiger partial charge in [-0.3, -0.25) is 0 Å². The van der Waals surface area contributed by atoms with E-state index in [0.29, 0.717) is 12.1 Å². The number of hydrogen-bond acceptors (Lipinski definition) is 2. The van der Waals surface area contributed by atoms with Crippen LogP contribution < -0.4 is 10.4 Å². The molecular weight excluding hydrogens is 160 g/mol. The quantitative estimate of drug-likeness (QED) is 0.644. The monoisotopic (exact) mass is 174 g/mol. The van der Waals surface area contributed by atoms with Crippen LogP contribution in [-0.2, 0) is 6.42 Å². The zero-order chi connectivity index (χ0) is 8.84. The minimum atomic E-state index is 0.637. The lowest BCUT2D eigenvalue weighted by Crippen LogP contribution is -2.36. The Morgan fingerprint density at radius 1 is 1.38 bits per heavy atom. The van der Waals surface area contributed by atoms with Crippen LogP contribution in [0.1, 0.15) is 18.9 Å². The lowest BCUT2D eigenvalue weighted by molar-refractivity contribution is 0.640. The molecule has 0 saturated carbocycles. The third-order valence-corrected chi connectivity index (χ3v) is 3.06. The summed E-state index contributed by atoms with van der Waals surface area (Å²) >= 11 is 0. The molecule has 2 aliphatic heterocycles. The van der Waals surface area contributed by atoms with Crippen LogP contribution in [0.25, 0.3) is 0 Å². The fraction of sp³-hybridized carbons (Fsp3) is 0.455. The summed E-state index contributed by atoms with van der Waals surface area (Å²) in [4.78, 5) is 0. The van der Waals surface area contributed by atoms with Crippen LogP contribution in [0, 0.1) is 0 Å². The fourth-order valence-corrected chi connectivity index (χ4v) is 2.52. The van der Waals surface area contributed by atoms with E-state index in [1.807, 2.05) is 0 Å². The van der Waals surface area contributed by atoms with Crippen LogP contribution in [0.2, 0.25) is 0 Å². The van der Waals surface area contributed by atoms with Crippen LogP contribution in [0.5, 0.6) is 0 Å². The number of anilines is 1. The number of fused-ring (bicyclic) bond motifs is 3. The van der Waals surface area contributed by atoms with E-state index in [4.69, 9.17) is 0 Å². The van der Waals surface area contributed by atoms with Gasteiger partial charge in [0.05, 0.1) is 11.7 Å². The number of benzene rings is 1. The van der Waals surface area contributed by atoms with Crippen LogP contribution in [0.15, 0.2) is 24.3 Å². The minimum Gasteiger partial charge on any atom is -0.304 e. The van der Waals surface area contributed by atoms with Gasteiger partial charge in [-0.25, -0.2) is 5.43 Å². The van der Waals surface area contributed by atoms with Gasteiger partial charge in [0.1, 0.15) is 0 Å². The molecule has 0 bridgehead atoms. The summed E-state index contributed by atoms with van der Waals surface area (Å²) in [5.41, 5.74) is 6.38. The van der Waals surface area contributed by atoms with Gasteiger partial charge in [-0.1, -0.05) is 18.2 Å². The Bertz CT molecular complexity index is 335. The number of hydrazine groups is 1. The summed E-state index contributed by atoms with van der Waals surface area (Å²) < 4.78 is 0. The molecule has 2 atom stereocenters. The SMILES string of the molecule is CC1CC2Cc3ccccc3N2N1. The molecule has 3 rings (SSSR count). The van der Waals surface area contributed by atoms with Crippen LogP contribution in [-0.4, -0.2) is 12.1 Å². The zero-order valence-corrected chi connectivity index (χ0v) is 7.83. The molecule has 0 aromatic heterocycles. The second-order valence-corrected chi connectivity index (χ2v) is 4.12. The van der Waals surface area contributed by atoms with Crippen molar-refractivity contribution in [1.29, 1.82) is 0 Å². The molecule has 13 heavy (non-hydrogen) atoms. The van der Waals surface area contributed by atoms with Crippen LogP contribution >= 0.6 is 0 Å². The zero-order valence-electron chi connectivity index (χ0n) is 7.83. The Balaban J connectivity index is 2.02. The van der Waals surface area contributed by atoms with E-state index in [0.717, 1.165) is 0 Å². The maximum Gasteiger partial charge on any atom is 0.0555 e. The summed E-state index contributed by atoms with van der Waals surface area (Å²) in [6.45, 7) is 2.25. The molecule has 2 aliphatic rings. The highest BCUT2D eigenvalue weighted by Crippen LogP contribution is 2.35. The largest absolute Gasteiger partial charge is 0.304 e. The molecule has 0 spiro atoms. The summed E-state index contributed by atoms with van der Waals surface area (Å²) in [6.07, 6.45) is 2.49. The van der Waals surface area contributed by atoms with E-state index in [-0.39, 0.29) is 0 Å². The van der Waals surface area contributed by atoms with Crippen molar-refractivity contribution < 1.29 is 0 Å². The van der Waals surface area contributed by atoms with Crippen LogP contribution in [0.3, 0.4) is 0 Å². The first kappa shape index (κ1) is 7.39. The first-order valence-electron chi connectivity index (χ1n) is 4.98. The van der Waals surface area contributed by atoms with Crippen molar-refractivity contribution >= 4 is 5.69 Å². The summed E-state index contributed by atoms with van der Waals surface area (Å²) in [6, 6.07) is 10.0. The second-order valence-electron chi connectivity index (χ2n) is 4.12. The van der Waals surface area contributed by atoms with Gasteiger partial charge in [0.25, 0.3) is 0 Å². The van der Waals surface area contributed by atoms with Gasteiger partial charge >= 0.3 is 0 Å². The molecular formula is C11H14N2.